The molecule has 0 unspecified atom stereocenters. The number of aryl methyl sites for hydroxylation is 1. The van der Waals surface area contributed by atoms with Gasteiger partial charge in [-0.05, 0) is 41.6 Å². The fourth-order valence-electron chi connectivity index (χ4n) is 4.26. The number of unbranched alkanes of at least 4 members (excludes halogenated alkanes) is 1. The van der Waals surface area contributed by atoms with E-state index in [9.17, 15) is 29.8 Å². The molecular formula is C31H38N4O12S. The molecule has 0 aliphatic rings. The van der Waals surface area contributed by atoms with E-state index in [0.29, 0.717) is 29.8 Å². The Kier molecular flexibility index (Phi) is 16.5. The number of imidazole rings is 1. The molecule has 0 saturated heterocycles. The summed E-state index contributed by atoms with van der Waals surface area (Å²) in [6.45, 7) is 2.14. The number of carbonyl (C=O) groups is 2. The molecule has 0 bridgehead atoms. The fourth-order valence-corrected chi connectivity index (χ4v) is 4.99. The first kappa shape index (κ1) is 37.6. The van der Waals surface area contributed by atoms with Crippen LogP contribution in [-0.2, 0) is 52.8 Å². The van der Waals surface area contributed by atoms with Crippen LogP contribution in [0.15, 0.2) is 53.5 Å². The number of esters is 2. The minimum absolute atomic E-state index is 0.00383. The molecule has 0 aliphatic carbocycles. The number of aromatic nitrogens is 2. The predicted molar refractivity (Wildman–Crippen MR) is 171 cm³/mol. The SMILES string of the molecule is CCCCc1ncc(/C=C(\Cc2cccs2)C(=O)OCCOCCO[N+](=O)[O-])n1Cc1ccc(C(=O)OCCOCCO[N+](=O)[O-])cc1. The molecule has 48 heavy (non-hydrogen) atoms. The van der Waals surface area contributed by atoms with Crippen molar-refractivity contribution >= 4 is 29.4 Å². The van der Waals surface area contributed by atoms with Crippen molar-refractivity contribution in [3.05, 3.63) is 101 Å². The Morgan fingerprint density at radius 2 is 1.54 bits per heavy atom. The molecule has 260 valence electrons. The first-order valence-corrected chi connectivity index (χ1v) is 16.1. The van der Waals surface area contributed by atoms with Crippen LogP contribution < -0.4 is 0 Å². The lowest BCUT2D eigenvalue weighted by Crippen LogP contribution is -2.16. The van der Waals surface area contributed by atoms with Crippen molar-refractivity contribution in [2.75, 3.05) is 52.9 Å². The molecule has 2 aromatic heterocycles. The Hall–Kier alpha value is -4.87. The Labute approximate surface area is 280 Å². The van der Waals surface area contributed by atoms with Crippen molar-refractivity contribution in [1.82, 2.24) is 9.55 Å². The zero-order valence-corrected chi connectivity index (χ0v) is 27.3. The van der Waals surface area contributed by atoms with Crippen molar-refractivity contribution < 1.29 is 48.4 Å². The summed E-state index contributed by atoms with van der Waals surface area (Å²) < 4.78 is 23.1. The Morgan fingerprint density at radius 3 is 2.15 bits per heavy atom. The molecule has 0 radical (unpaired) electrons. The number of rotatable bonds is 24. The standard InChI is InChI=1S/C31H38N4O12S/c1-2-3-6-29-32-22-27(20-26(21-28-5-4-19-48-28)31(37)45-16-12-43-14-18-47-35(40)41)33(29)23-24-7-9-25(10-8-24)30(36)44-15-11-42-13-17-46-34(38)39/h4-5,7-10,19-20,22H,2-3,6,11-18,21,23H2,1H3/b26-20+. The number of ether oxygens (including phenoxy) is 4. The highest BCUT2D eigenvalue weighted by Gasteiger charge is 2.17. The highest BCUT2D eigenvalue weighted by molar-refractivity contribution is 7.09. The number of hydrogen-bond acceptors (Lipinski definition) is 14. The molecule has 0 N–H and O–H groups in total. The van der Waals surface area contributed by atoms with Crippen LogP contribution in [0.1, 0.15) is 52.1 Å². The number of benzene rings is 1. The second-order valence-corrected chi connectivity index (χ2v) is 11.1. The van der Waals surface area contributed by atoms with E-state index in [2.05, 4.69) is 21.6 Å². The third kappa shape index (κ3) is 13.9. The van der Waals surface area contributed by atoms with E-state index in [-0.39, 0.29) is 52.9 Å². The second-order valence-electron chi connectivity index (χ2n) is 10.0. The molecule has 17 heteroatoms. The molecule has 3 aromatic rings. The summed E-state index contributed by atoms with van der Waals surface area (Å²) in [6.07, 6.45) is 6.47. The maximum atomic E-state index is 13.2. The molecule has 0 saturated carbocycles. The molecule has 0 aliphatic heterocycles. The van der Waals surface area contributed by atoms with Gasteiger partial charge < -0.3 is 33.2 Å². The number of hydrogen-bond donors (Lipinski definition) is 0. The first-order chi connectivity index (χ1) is 23.3. The molecule has 0 fully saturated rings. The van der Waals surface area contributed by atoms with Gasteiger partial charge in [0, 0.05) is 29.8 Å². The average Bonchev–Trinajstić information content (AvgIpc) is 3.72. The van der Waals surface area contributed by atoms with Gasteiger partial charge in [0.15, 0.2) is 0 Å². The molecule has 16 nitrogen and oxygen atoms in total. The van der Waals surface area contributed by atoms with E-state index in [0.717, 1.165) is 35.5 Å². The number of carbonyl (C=O) groups excluding carboxylic acids is 2. The van der Waals surface area contributed by atoms with E-state index in [1.807, 2.05) is 34.2 Å². The molecule has 3 rings (SSSR count). The lowest BCUT2D eigenvalue weighted by atomic mass is 10.1. The monoisotopic (exact) mass is 690 g/mol. The van der Waals surface area contributed by atoms with Crippen molar-refractivity contribution in [3.8, 4) is 0 Å². The van der Waals surface area contributed by atoms with Crippen LogP contribution in [0.25, 0.3) is 6.08 Å². The molecule has 0 atom stereocenters. The van der Waals surface area contributed by atoms with Crippen LogP contribution in [0.5, 0.6) is 0 Å². The lowest BCUT2D eigenvalue weighted by Gasteiger charge is -2.13. The minimum Gasteiger partial charge on any atom is -0.460 e. The van der Waals surface area contributed by atoms with Crippen molar-refractivity contribution in [2.45, 2.75) is 39.2 Å². The normalized spacial score (nSPS) is 11.2. The average molecular weight is 691 g/mol. The fraction of sp³-hybridized carbons (Fsp3) is 0.452. The van der Waals surface area contributed by atoms with Crippen LogP contribution in [0.3, 0.4) is 0 Å². The maximum absolute atomic E-state index is 13.2. The summed E-state index contributed by atoms with van der Waals surface area (Å²) in [5, 5.41) is 20.5. The summed E-state index contributed by atoms with van der Waals surface area (Å²) in [5.41, 5.74) is 2.38. The molecule has 1 aromatic carbocycles. The molecule has 2 heterocycles. The smallest absolute Gasteiger partial charge is 0.338 e. The van der Waals surface area contributed by atoms with Gasteiger partial charge in [-0.2, -0.15) is 0 Å². The summed E-state index contributed by atoms with van der Waals surface area (Å²) in [5.74, 6) is -0.201. The zero-order chi connectivity index (χ0) is 34.6. The van der Waals surface area contributed by atoms with Gasteiger partial charge in [0.2, 0.25) is 0 Å². The summed E-state index contributed by atoms with van der Waals surface area (Å²) >= 11 is 1.52. The quantitative estimate of drug-likeness (QED) is 0.0429. The van der Waals surface area contributed by atoms with Gasteiger partial charge in [0.05, 0.1) is 43.9 Å². The van der Waals surface area contributed by atoms with Gasteiger partial charge in [0.25, 0.3) is 10.2 Å². The van der Waals surface area contributed by atoms with E-state index in [4.69, 9.17) is 18.9 Å². The lowest BCUT2D eigenvalue weighted by molar-refractivity contribution is -0.758. The maximum Gasteiger partial charge on any atom is 0.338 e. The highest BCUT2D eigenvalue weighted by atomic mass is 32.1. The van der Waals surface area contributed by atoms with E-state index in [1.54, 1.807) is 24.4 Å². The molecule has 0 amide bonds. The Bertz CT molecular complexity index is 1470. The van der Waals surface area contributed by atoms with Crippen LogP contribution in [0.2, 0.25) is 0 Å². The van der Waals surface area contributed by atoms with E-state index >= 15 is 0 Å². The van der Waals surface area contributed by atoms with Crippen LogP contribution >= 0.6 is 11.3 Å². The van der Waals surface area contributed by atoms with Gasteiger partial charge in [-0.1, -0.05) is 31.5 Å². The minimum atomic E-state index is -0.907. The van der Waals surface area contributed by atoms with Crippen LogP contribution in [-0.4, -0.2) is 84.5 Å². The van der Waals surface area contributed by atoms with Gasteiger partial charge >= 0.3 is 11.9 Å². The van der Waals surface area contributed by atoms with E-state index < -0.39 is 22.1 Å². The number of thiophene rings is 1. The van der Waals surface area contributed by atoms with Crippen molar-refractivity contribution in [3.63, 3.8) is 0 Å². The zero-order valence-electron chi connectivity index (χ0n) is 26.5. The van der Waals surface area contributed by atoms with Crippen molar-refractivity contribution in [2.24, 2.45) is 0 Å². The first-order valence-electron chi connectivity index (χ1n) is 15.2. The van der Waals surface area contributed by atoms with Crippen LogP contribution in [0, 0.1) is 20.2 Å². The topological polar surface area (TPSA) is 194 Å². The van der Waals surface area contributed by atoms with Gasteiger partial charge in [-0.3, -0.25) is 0 Å². The highest BCUT2D eigenvalue weighted by Crippen LogP contribution is 2.21. The third-order valence-electron chi connectivity index (χ3n) is 6.55. The number of nitrogens with zero attached hydrogens (tertiary/aromatic N) is 4. The molecular weight excluding hydrogens is 652 g/mol. The largest absolute Gasteiger partial charge is 0.460 e. The van der Waals surface area contributed by atoms with Gasteiger partial charge in [0.1, 0.15) is 32.3 Å². The van der Waals surface area contributed by atoms with Gasteiger partial charge in [-0.25, -0.2) is 14.6 Å². The summed E-state index contributed by atoms with van der Waals surface area (Å²) in [7, 11) is 0. The van der Waals surface area contributed by atoms with Crippen LogP contribution in [0.4, 0.5) is 0 Å². The van der Waals surface area contributed by atoms with E-state index in [1.165, 1.54) is 11.3 Å². The summed E-state index contributed by atoms with van der Waals surface area (Å²) in [6, 6.07) is 10.8. The molecule has 0 spiro atoms. The Balaban J connectivity index is 1.68. The van der Waals surface area contributed by atoms with Gasteiger partial charge in [-0.15, -0.1) is 31.6 Å². The van der Waals surface area contributed by atoms with Crippen molar-refractivity contribution in [1.29, 1.82) is 0 Å². The predicted octanol–water partition coefficient (Wildman–Crippen LogP) is 4.11. The third-order valence-corrected chi connectivity index (χ3v) is 7.43. The summed E-state index contributed by atoms with van der Waals surface area (Å²) in [4.78, 5) is 60.0. The second kappa shape index (κ2) is 21.1. The Morgan fingerprint density at radius 1 is 0.896 bits per heavy atom.